The first kappa shape index (κ1) is 25.7. The molecule has 0 unspecified atom stereocenters. The molecule has 2 amide bonds. The van der Waals surface area contributed by atoms with Crippen molar-refractivity contribution in [3.05, 3.63) is 89.0 Å². The van der Waals surface area contributed by atoms with E-state index in [1.54, 1.807) is 42.9 Å². The topological polar surface area (TPSA) is 121 Å². The molecule has 1 aliphatic heterocycles. The van der Waals surface area contributed by atoms with E-state index in [0.717, 1.165) is 12.8 Å². The molecule has 2 heterocycles. The summed E-state index contributed by atoms with van der Waals surface area (Å²) in [6, 6.07) is 11.7. The first-order valence-corrected chi connectivity index (χ1v) is 13.3. The largest absolute Gasteiger partial charge is 0.355 e. The normalized spacial score (nSPS) is 16.3. The highest BCUT2D eigenvalue weighted by atomic mass is 35.5. The number of hydrogen-bond acceptors (Lipinski definition) is 6. The van der Waals surface area contributed by atoms with E-state index in [0.29, 0.717) is 34.8 Å². The second-order valence-electron chi connectivity index (χ2n) is 8.38. The molecule has 0 spiro atoms. The van der Waals surface area contributed by atoms with Crippen LogP contribution in [0.5, 0.6) is 0 Å². The monoisotopic (exact) mass is 527 g/mol. The molecule has 2 aromatic carbocycles. The zero-order chi connectivity index (χ0) is 25.5. The molecule has 188 valence electrons. The number of sulfonamides is 1. The van der Waals surface area contributed by atoms with Crippen molar-refractivity contribution in [1.29, 1.82) is 0 Å². The van der Waals surface area contributed by atoms with Gasteiger partial charge in [-0.25, -0.2) is 8.42 Å². The summed E-state index contributed by atoms with van der Waals surface area (Å²) in [6.07, 6.45) is 6.61. The molecule has 0 saturated carbocycles. The maximum absolute atomic E-state index is 13.6. The van der Waals surface area contributed by atoms with Gasteiger partial charge in [0.25, 0.3) is 5.91 Å². The van der Waals surface area contributed by atoms with Crippen LogP contribution in [0.15, 0.2) is 72.0 Å². The van der Waals surface area contributed by atoms with Gasteiger partial charge in [-0.2, -0.15) is 4.31 Å². The molecular formula is C25H26ClN5O4S. The molecule has 1 aromatic heterocycles. The summed E-state index contributed by atoms with van der Waals surface area (Å²) in [5.74, 6) is -0.606. The second-order valence-corrected chi connectivity index (χ2v) is 10.7. The Hall–Kier alpha value is -3.34. The smallest absolute Gasteiger partial charge is 0.251 e. The fourth-order valence-corrected chi connectivity index (χ4v) is 5.67. The van der Waals surface area contributed by atoms with Gasteiger partial charge in [-0.15, -0.1) is 0 Å². The molecule has 9 nitrogen and oxygen atoms in total. The molecule has 1 aliphatic rings. The Morgan fingerprint density at radius 3 is 2.53 bits per heavy atom. The number of nitrogens with zero attached hydrogens (tertiary/aromatic N) is 3. The molecule has 36 heavy (non-hydrogen) atoms. The highest BCUT2D eigenvalue weighted by Gasteiger charge is 2.36. The predicted molar refractivity (Wildman–Crippen MR) is 134 cm³/mol. The molecule has 2 N–H and O–H groups in total. The van der Waals surface area contributed by atoms with Gasteiger partial charge in [-0.3, -0.25) is 19.6 Å². The Morgan fingerprint density at radius 1 is 1.08 bits per heavy atom. The Labute approximate surface area is 215 Å². The van der Waals surface area contributed by atoms with Crippen molar-refractivity contribution in [2.75, 3.05) is 6.54 Å². The van der Waals surface area contributed by atoms with Crippen LogP contribution in [0.3, 0.4) is 0 Å². The number of hydrogen-bond donors (Lipinski definition) is 2. The summed E-state index contributed by atoms with van der Waals surface area (Å²) < 4.78 is 28.5. The third-order valence-corrected chi connectivity index (χ3v) is 8.00. The van der Waals surface area contributed by atoms with E-state index >= 15 is 0 Å². The minimum absolute atomic E-state index is 0.0233. The number of benzene rings is 2. The number of carbonyl (C=O) groups excluding carboxylic acids is 2. The Balaban J connectivity index is 1.55. The number of carbonyl (C=O) groups is 2. The molecule has 1 atom stereocenters. The molecule has 1 saturated heterocycles. The van der Waals surface area contributed by atoms with Crippen molar-refractivity contribution in [2.45, 2.75) is 43.3 Å². The Morgan fingerprint density at radius 2 is 1.83 bits per heavy atom. The van der Waals surface area contributed by atoms with Crippen molar-refractivity contribution < 1.29 is 18.0 Å². The lowest BCUT2D eigenvalue weighted by molar-refractivity contribution is -0.124. The van der Waals surface area contributed by atoms with Gasteiger partial charge in [-0.1, -0.05) is 23.7 Å². The first-order valence-electron chi connectivity index (χ1n) is 11.5. The molecule has 0 bridgehead atoms. The van der Waals surface area contributed by atoms with Crippen LogP contribution in [0, 0.1) is 0 Å². The minimum Gasteiger partial charge on any atom is -0.355 e. The van der Waals surface area contributed by atoms with Gasteiger partial charge < -0.3 is 10.6 Å². The lowest BCUT2D eigenvalue weighted by Gasteiger charge is -2.29. The molecule has 0 radical (unpaired) electrons. The van der Waals surface area contributed by atoms with Crippen molar-refractivity contribution in [3.63, 3.8) is 0 Å². The first-order chi connectivity index (χ1) is 17.3. The van der Waals surface area contributed by atoms with Crippen LogP contribution in [-0.2, 0) is 27.9 Å². The van der Waals surface area contributed by atoms with E-state index in [9.17, 15) is 18.0 Å². The average molecular weight is 528 g/mol. The average Bonchev–Trinajstić information content (AvgIpc) is 3.11. The quantitative estimate of drug-likeness (QED) is 0.464. The van der Waals surface area contributed by atoms with E-state index in [2.05, 4.69) is 20.6 Å². The highest BCUT2D eigenvalue weighted by molar-refractivity contribution is 7.89. The molecule has 0 aliphatic carbocycles. The number of nitrogens with one attached hydrogen (secondary N) is 2. The van der Waals surface area contributed by atoms with E-state index < -0.39 is 16.1 Å². The fraction of sp³-hybridized carbons (Fsp3) is 0.280. The van der Waals surface area contributed by atoms with E-state index in [1.807, 2.05) is 0 Å². The third kappa shape index (κ3) is 6.26. The molecule has 11 heteroatoms. The molecule has 4 rings (SSSR count). The maximum atomic E-state index is 13.6. The van der Waals surface area contributed by atoms with Crippen LogP contribution in [-0.4, -0.2) is 47.1 Å². The Kier molecular flexibility index (Phi) is 8.29. The van der Waals surface area contributed by atoms with Crippen molar-refractivity contribution in [3.8, 4) is 0 Å². The number of amides is 2. The summed E-state index contributed by atoms with van der Waals surface area (Å²) in [5.41, 5.74) is 1.70. The summed E-state index contributed by atoms with van der Waals surface area (Å²) in [4.78, 5) is 33.5. The summed E-state index contributed by atoms with van der Waals surface area (Å²) in [6.45, 7) is 0.728. The fourth-order valence-electron chi connectivity index (χ4n) is 3.94. The van der Waals surface area contributed by atoms with Gasteiger partial charge >= 0.3 is 0 Å². The maximum Gasteiger partial charge on any atom is 0.251 e. The lowest BCUT2D eigenvalue weighted by Crippen LogP contribution is -2.48. The molecular weight excluding hydrogens is 502 g/mol. The number of aromatic nitrogens is 2. The Bertz CT molecular complexity index is 1300. The van der Waals surface area contributed by atoms with Gasteiger partial charge in [0.15, 0.2) is 0 Å². The van der Waals surface area contributed by atoms with Gasteiger partial charge in [0, 0.05) is 36.1 Å². The SMILES string of the molecule is O=C(NCc1cnccn1)c1ccc(CN([C@@H]2CCCCNC2=O)S(=O)(=O)c2ccc(Cl)cc2)cc1. The number of halogens is 1. The predicted octanol–water partition coefficient (Wildman–Crippen LogP) is 2.92. The van der Waals surface area contributed by atoms with Crippen LogP contribution in [0.2, 0.25) is 5.02 Å². The van der Waals surface area contributed by atoms with Crippen LogP contribution < -0.4 is 10.6 Å². The second kappa shape index (κ2) is 11.6. The summed E-state index contributed by atoms with van der Waals surface area (Å²) in [7, 11) is -4.01. The molecule has 3 aromatic rings. The van der Waals surface area contributed by atoms with Gasteiger partial charge in [0.05, 0.1) is 23.3 Å². The molecule has 1 fully saturated rings. The van der Waals surface area contributed by atoms with Crippen LogP contribution >= 0.6 is 11.6 Å². The summed E-state index contributed by atoms with van der Waals surface area (Å²) >= 11 is 5.95. The van der Waals surface area contributed by atoms with Crippen molar-refractivity contribution in [2.24, 2.45) is 0 Å². The van der Waals surface area contributed by atoms with Crippen molar-refractivity contribution in [1.82, 2.24) is 24.9 Å². The van der Waals surface area contributed by atoms with Gasteiger partial charge in [0.2, 0.25) is 15.9 Å². The van der Waals surface area contributed by atoms with Crippen molar-refractivity contribution >= 4 is 33.4 Å². The van der Waals surface area contributed by atoms with Crippen LogP contribution in [0.25, 0.3) is 0 Å². The summed E-state index contributed by atoms with van der Waals surface area (Å²) in [5, 5.41) is 6.01. The van der Waals surface area contributed by atoms with E-state index in [4.69, 9.17) is 11.6 Å². The zero-order valence-corrected chi connectivity index (χ0v) is 21.0. The highest BCUT2D eigenvalue weighted by Crippen LogP contribution is 2.26. The third-order valence-electron chi connectivity index (χ3n) is 5.88. The van der Waals surface area contributed by atoms with Crippen LogP contribution in [0.1, 0.15) is 40.9 Å². The van der Waals surface area contributed by atoms with Gasteiger partial charge in [-0.05, 0) is 61.2 Å². The zero-order valence-electron chi connectivity index (χ0n) is 19.4. The standard InChI is InChI=1S/C25H26ClN5O4S/c26-20-8-10-22(11-9-20)36(34,35)31(23-3-1-2-12-29-25(23)33)17-18-4-6-19(7-5-18)24(32)30-16-21-15-27-13-14-28-21/h4-11,13-15,23H,1-3,12,16-17H2,(H,29,33)(H,30,32)/t23-/m1/s1. The number of rotatable bonds is 8. The lowest BCUT2D eigenvalue weighted by atomic mass is 10.1. The van der Waals surface area contributed by atoms with E-state index in [1.165, 1.54) is 28.6 Å². The van der Waals surface area contributed by atoms with E-state index in [-0.39, 0.29) is 29.8 Å². The van der Waals surface area contributed by atoms with Gasteiger partial charge in [0.1, 0.15) is 6.04 Å². The van der Waals surface area contributed by atoms with Crippen LogP contribution in [0.4, 0.5) is 0 Å². The minimum atomic E-state index is -4.01.